The minimum atomic E-state index is -4.34. The fraction of sp³-hybridized carbons (Fsp3) is 0.235. The van der Waals surface area contributed by atoms with Gasteiger partial charge in [-0.25, -0.2) is 12.8 Å². The largest absolute Gasteiger partial charge is 0.350 e. The summed E-state index contributed by atoms with van der Waals surface area (Å²) >= 11 is 12.2. The van der Waals surface area contributed by atoms with Gasteiger partial charge in [-0.3, -0.25) is 13.9 Å². The average molecular weight is 671 g/mol. The summed E-state index contributed by atoms with van der Waals surface area (Å²) in [5, 5.41) is 3.17. The Kier molecular flexibility index (Phi) is 10.9. The van der Waals surface area contributed by atoms with Gasteiger partial charge in [-0.15, -0.1) is 0 Å². The maximum absolute atomic E-state index is 14.4. The molecule has 4 aromatic carbocycles. The van der Waals surface area contributed by atoms with Crippen LogP contribution in [0.3, 0.4) is 0 Å². The summed E-state index contributed by atoms with van der Waals surface area (Å²) < 4.78 is 43.0. The summed E-state index contributed by atoms with van der Waals surface area (Å²) in [6.45, 7) is 4.79. The number of carbonyl (C=O) groups is 2. The molecule has 2 amide bonds. The minimum absolute atomic E-state index is 0.0104. The van der Waals surface area contributed by atoms with Crippen molar-refractivity contribution in [1.29, 1.82) is 0 Å². The molecule has 0 aliphatic heterocycles. The third-order valence-electron chi connectivity index (χ3n) is 6.84. The van der Waals surface area contributed by atoms with Crippen LogP contribution in [0.1, 0.15) is 31.9 Å². The number of halogens is 3. The SMILES string of the molecule is CC(C)(C)NC(=O)[C@@H](Cc1ccccc1)N(Cc1ccc(Cl)cc1)C(=O)CN(c1ccc(F)c(Cl)c1)S(=O)(=O)c1ccccc1. The topological polar surface area (TPSA) is 86.8 Å². The van der Waals surface area contributed by atoms with Crippen molar-refractivity contribution in [2.45, 2.75) is 50.2 Å². The molecule has 1 atom stereocenters. The van der Waals surface area contributed by atoms with Crippen LogP contribution < -0.4 is 9.62 Å². The molecule has 11 heteroatoms. The Bertz CT molecular complexity index is 1730. The zero-order valence-corrected chi connectivity index (χ0v) is 27.4. The summed E-state index contributed by atoms with van der Waals surface area (Å²) in [6.07, 6.45) is 0.163. The van der Waals surface area contributed by atoms with Gasteiger partial charge in [0.05, 0.1) is 15.6 Å². The molecule has 1 N–H and O–H groups in total. The van der Waals surface area contributed by atoms with Gasteiger partial charge in [0.15, 0.2) is 0 Å². The second kappa shape index (κ2) is 14.5. The second-order valence-corrected chi connectivity index (χ2v) is 14.2. The number of hydrogen-bond donors (Lipinski definition) is 1. The zero-order chi connectivity index (χ0) is 32.8. The number of rotatable bonds is 11. The molecule has 45 heavy (non-hydrogen) atoms. The van der Waals surface area contributed by atoms with Crippen LogP contribution in [0.25, 0.3) is 0 Å². The van der Waals surface area contributed by atoms with Gasteiger partial charge in [0.25, 0.3) is 10.0 Å². The molecule has 0 heterocycles. The highest BCUT2D eigenvalue weighted by molar-refractivity contribution is 7.92. The molecule has 0 unspecified atom stereocenters. The first-order valence-electron chi connectivity index (χ1n) is 14.2. The Morgan fingerprint density at radius 3 is 2.02 bits per heavy atom. The number of anilines is 1. The van der Waals surface area contributed by atoms with Crippen molar-refractivity contribution in [1.82, 2.24) is 10.2 Å². The molecule has 0 bridgehead atoms. The molecule has 7 nitrogen and oxygen atoms in total. The van der Waals surface area contributed by atoms with E-state index in [4.69, 9.17) is 23.2 Å². The van der Waals surface area contributed by atoms with Crippen molar-refractivity contribution in [2.24, 2.45) is 0 Å². The lowest BCUT2D eigenvalue weighted by atomic mass is 10.0. The molecule has 0 aliphatic rings. The molecule has 0 aliphatic carbocycles. The Morgan fingerprint density at radius 1 is 0.844 bits per heavy atom. The van der Waals surface area contributed by atoms with Crippen LogP contribution in [0.4, 0.5) is 10.1 Å². The third-order valence-corrected chi connectivity index (χ3v) is 9.17. The number of amides is 2. The maximum Gasteiger partial charge on any atom is 0.264 e. The molecule has 0 saturated carbocycles. The van der Waals surface area contributed by atoms with Crippen LogP contribution in [-0.2, 0) is 32.6 Å². The number of sulfonamides is 1. The van der Waals surface area contributed by atoms with E-state index in [0.29, 0.717) is 10.6 Å². The van der Waals surface area contributed by atoms with Gasteiger partial charge in [0.2, 0.25) is 11.8 Å². The van der Waals surface area contributed by atoms with Crippen molar-refractivity contribution in [3.8, 4) is 0 Å². The van der Waals surface area contributed by atoms with E-state index < -0.39 is 45.8 Å². The standard InChI is InChI=1S/C34H34Cl2FN3O4S/c1-34(2,3)38-33(42)31(20-24-10-6-4-7-11-24)39(22-25-14-16-26(35)17-15-25)32(41)23-40(27-18-19-30(37)29(36)21-27)45(43,44)28-12-8-5-9-13-28/h4-19,21,31H,20,22-23H2,1-3H3,(H,38,42)/t31-/m1/s1. The molecule has 0 spiro atoms. The van der Waals surface area contributed by atoms with E-state index in [9.17, 15) is 22.4 Å². The third kappa shape index (κ3) is 9.06. The first-order valence-corrected chi connectivity index (χ1v) is 16.4. The molecule has 4 rings (SSSR count). The van der Waals surface area contributed by atoms with Gasteiger partial charge in [-0.1, -0.05) is 83.9 Å². The van der Waals surface area contributed by atoms with Gasteiger partial charge in [0, 0.05) is 23.5 Å². The fourth-order valence-corrected chi connectivity index (χ4v) is 6.41. The van der Waals surface area contributed by atoms with E-state index in [-0.39, 0.29) is 28.6 Å². The minimum Gasteiger partial charge on any atom is -0.350 e. The van der Waals surface area contributed by atoms with Crippen LogP contribution in [0.15, 0.2) is 108 Å². The van der Waals surface area contributed by atoms with Crippen molar-refractivity contribution >= 4 is 50.7 Å². The maximum atomic E-state index is 14.4. The first kappa shape index (κ1) is 34.0. The van der Waals surface area contributed by atoms with Crippen molar-refractivity contribution in [3.63, 3.8) is 0 Å². The highest BCUT2D eigenvalue weighted by Crippen LogP contribution is 2.28. The second-order valence-electron chi connectivity index (χ2n) is 11.5. The van der Waals surface area contributed by atoms with Crippen molar-refractivity contribution in [2.75, 3.05) is 10.8 Å². The first-order chi connectivity index (χ1) is 21.2. The predicted octanol–water partition coefficient (Wildman–Crippen LogP) is 6.88. The molecule has 4 aromatic rings. The van der Waals surface area contributed by atoms with E-state index in [1.165, 1.54) is 23.1 Å². The highest BCUT2D eigenvalue weighted by Gasteiger charge is 2.35. The molecule has 0 aromatic heterocycles. The van der Waals surface area contributed by atoms with E-state index in [0.717, 1.165) is 22.0 Å². The van der Waals surface area contributed by atoms with Gasteiger partial charge in [-0.05, 0) is 74.4 Å². The number of benzene rings is 4. The van der Waals surface area contributed by atoms with Crippen molar-refractivity contribution < 1.29 is 22.4 Å². The molecule has 236 valence electrons. The molecular weight excluding hydrogens is 636 g/mol. The lowest BCUT2D eigenvalue weighted by Gasteiger charge is -2.35. The average Bonchev–Trinajstić information content (AvgIpc) is 3.00. The van der Waals surface area contributed by atoms with Crippen LogP contribution >= 0.6 is 23.2 Å². The summed E-state index contributed by atoms with van der Waals surface area (Å²) in [7, 11) is -4.34. The Labute approximate surface area is 273 Å². The molecule has 0 saturated heterocycles. The normalized spacial score (nSPS) is 12.3. The quantitative estimate of drug-likeness (QED) is 0.189. The summed E-state index contributed by atoms with van der Waals surface area (Å²) in [6, 6.07) is 26.1. The van der Waals surface area contributed by atoms with E-state index in [1.54, 1.807) is 42.5 Å². The number of nitrogens with one attached hydrogen (secondary N) is 1. The van der Waals surface area contributed by atoms with E-state index >= 15 is 0 Å². The monoisotopic (exact) mass is 669 g/mol. The Balaban J connectivity index is 1.82. The van der Waals surface area contributed by atoms with Gasteiger partial charge in [0.1, 0.15) is 18.4 Å². The summed E-state index contributed by atoms with van der Waals surface area (Å²) in [5.74, 6) is -1.80. The van der Waals surface area contributed by atoms with Gasteiger partial charge in [-0.2, -0.15) is 0 Å². The Morgan fingerprint density at radius 2 is 1.44 bits per heavy atom. The fourth-order valence-electron chi connectivity index (χ4n) is 4.68. The number of nitrogens with zero attached hydrogens (tertiary/aromatic N) is 2. The van der Waals surface area contributed by atoms with Crippen LogP contribution in [0.2, 0.25) is 10.0 Å². The zero-order valence-electron chi connectivity index (χ0n) is 25.1. The lowest BCUT2D eigenvalue weighted by Crippen LogP contribution is -2.56. The highest BCUT2D eigenvalue weighted by atomic mass is 35.5. The van der Waals surface area contributed by atoms with E-state index in [2.05, 4.69) is 5.32 Å². The summed E-state index contributed by atoms with van der Waals surface area (Å²) in [4.78, 5) is 29.6. The van der Waals surface area contributed by atoms with Crippen LogP contribution in [-0.4, -0.2) is 43.3 Å². The lowest BCUT2D eigenvalue weighted by molar-refractivity contribution is -0.140. The molecular formula is C34H34Cl2FN3O4S. The van der Waals surface area contributed by atoms with Gasteiger partial charge < -0.3 is 10.2 Å². The van der Waals surface area contributed by atoms with E-state index in [1.807, 2.05) is 51.1 Å². The summed E-state index contributed by atoms with van der Waals surface area (Å²) in [5.41, 5.74) is 0.856. The van der Waals surface area contributed by atoms with Crippen LogP contribution in [0.5, 0.6) is 0 Å². The van der Waals surface area contributed by atoms with Crippen LogP contribution in [0, 0.1) is 5.82 Å². The molecule has 0 fully saturated rings. The predicted molar refractivity (Wildman–Crippen MR) is 176 cm³/mol. The van der Waals surface area contributed by atoms with Crippen molar-refractivity contribution in [3.05, 3.63) is 130 Å². The smallest absolute Gasteiger partial charge is 0.264 e. The molecule has 0 radical (unpaired) electrons. The number of hydrogen-bond acceptors (Lipinski definition) is 4. The Hall–Kier alpha value is -3.92. The van der Waals surface area contributed by atoms with Gasteiger partial charge >= 0.3 is 0 Å². The number of carbonyl (C=O) groups excluding carboxylic acids is 2.